The van der Waals surface area contributed by atoms with Crippen molar-refractivity contribution in [3.05, 3.63) is 29.8 Å². The number of ether oxygens (including phenoxy) is 1. The molecule has 4 nitrogen and oxygen atoms in total. The number of carbonyl (C=O) groups is 1. The number of hydrogen-bond donors (Lipinski definition) is 2. The molecule has 26 heavy (non-hydrogen) atoms. The predicted molar refractivity (Wildman–Crippen MR) is 106 cm³/mol. The number of benzene rings is 1. The molecule has 1 aliphatic carbocycles. The predicted octanol–water partition coefficient (Wildman–Crippen LogP) is 4.14. The van der Waals surface area contributed by atoms with Gasteiger partial charge in [-0.25, -0.2) is 0 Å². The van der Waals surface area contributed by atoms with E-state index in [4.69, 9.17) is 4.74 Å². The van der Waals surface area contributed by atoms with Crippen molar-refractivity contribution in [1.82, 2.24) is 10.6 Å². The topological polar surface area (TPSA) is 50.4 Å². The van der Waals surface area contributed by atoms with Crippen molar-refractivity contribution < 1.29 is 9.53 Å². The zero-order valence-corrected chi connectivity index (χ0v) is 16.3. The van der Waals surface area contributed by atoms with Gasteiger partial charge in [-0.2, -0.15) is 0 Å². The number of halogens is 1. The van der Waals surface area contributed by atoms with E-state index in [9.17, 15) is 4.79 Å². The van der Waals surface area contributed by atoms with Crippen LogP contribution in [0.5, 0.6) is 5.75 Å². The first kappa shape index (κ1) is 19.5. The Morgan fingerprint density at radius 3 is 2.69 bits per heavy atom. The first-order valence-electron chi connectivity index (χ1n) is 10.0. The molecule has 0 bridgehead atoms. The summed E-state index contributed by atoms with van der Waals surface area (Å²) >= 11 is 0. The summed E-state index contributed by atoms with van der Waals surface area (Å²) in [5, 5.41) is 6.72. The summed E-state index contributed by atoms with van der Waals surface area (Å²) in [6.07, 6.45) is 9.69. The van der Waals surface area contributed by atoms with E-state index in [1.54, 1.807) is 0 Å². The van der Waals surface area contributed by atoms with Crippen LogP contribution in [0.4, 0.5) is 0 Å². The van der Waals surface area contributed by atoms with Crippen molar-refractivity contribution in [3.63, 3.8) is 0 Å². The minimum atomic E-state index is -0.0542. The molecule has 1 aromatic rings. The van der Waals surface area contributed by atoms with Gasteiger partial charge in [-0.05, 0) is 70.0 Å². The second-order valence-electron chi connectivity index (χ2n) is 8.09. The molecule has 2 heterocycles. The molecule has 2 aliphatic heterocycles. The lowest BCUT2D eigenvalue weighted by Gasteiger charge is -2.40. The Morgan fingerprint density at radius 1 is 1.19 bits per heavy atom. The molecule has 1 unspecified atom stereocenters. The van der Waals surface area contributed by atoms with E-state index < -0.39 is 0 Å². The monoisotopic (exact) mass is 378 g/mol. The van der Waals surface area contributed by atoms with Crippen molar-refractivity contribution in [2.75, 3.05) is 13.1 Å². The van der Waals surface area contributed by atoms with Gasteiger partial charge in [0, 0.05) is 18.4 Å². The highest BCUT2D eigenvalue weighted by Gasteiger charge is 2.43. The smallest absolute Gasteiger partial charge is 0.220 e. The zero-order chi connectivity index (χ0) is 17.1. The van der Waals surface area contributed by atoms with Crippen molar-refractivity contribution in [2.24, 2.45) is 5.92 Å². The van der Waals surface area contributed by atoms with Crippen LogP contribution in [0.3, 0.4) is 0 Å². The fourth-order valence-corrected chi connectivity index (χ4v) is 4.84. The second-order valence-corrected chi connectivity index (χ2v) is 8.09. The molecule has 1 spiro atoms. The maximum Gasteiger partial charge on any atom is 0.220 e. The van der Waals surface area contributed by atoms with E-state index in [2.05, 4.69) is 22.8 Å². The molecule has 0 radical (unpaired) electrons. The third-order valence-corrected chi connectivity index (χ3v) is 6.29. The third-order valence-electron chi connectivity index (χ3n) is 6.29. The fraction of sp³-hybridized carbons (Fsp3) is 0.667. The van der Waals surface area contributed by atoms with Gasteiger partial charge in [-0.1, -0.05) is 18.2 Å². The summed E-state index contributed by atoms with van der Waals surface area (Å²) in [6.45, 7) is 2.20. The lowest BCUT2D eigenvalue weighted by atomic mass is 9.85. The van der Waals surface area contributed by atoms with Crippen LogP contribution in [0.25, 0.3) is 0 Å². The van der Waals surface area contributed by atoms with Gasteiger partial charge in [0.15, 0.2) is 0 Å². The van der Waals surface area contributed by atoms with Crippen LogP contribution < -0.4 is 15.4 Å². The largest absolute Gasteiger partial charge is 0.487 e. The standard InChI is InChI=1S/C21H30N2O2.ClH/c24-20(8-7-16-9-13-22-14-10-16)23-18-15-21(11-3-4-12-21)25-19-6-2-1-5-17(18)19;/h1-2,5-6,16,18,22H,3-4,7-15H2,(H,23,24);1H. The molecule has 144 valence electrons. The number of nitrogens with one attached hydrogen (secondary N) is 2. The highest BCUT2D eigenvalue weighted by molar-refractivity contribution is 5.85. The van der Waals surface area contributed by atoms with Crippen LogP contribution in [-0.2, 0) is 4.79 Å². The Bertz CT molecular complexity index is 610. The molecular weight excluding hydrogens is 348 g/mol. The summed E-state index contributed by atoms with van der Waals surface area (Å²) in [5.74, 6) is 1.88. The minimum Gasteiger partial charge on any atom is -0.487 e. The Morgan fingerprint density at radius 2 is 1.92 bits per heavy atom. The van der Waals surface area contributed by atoms with E-state index in [0.717, 1.165) is 50.1 Å². The quantitative estimate of drug-likeness (QED) is 0.827. The van der Waals surface area contributed by atoms with Crippen molar-refractivity contribution in [2.45, 2.75) is 69.4 Å². The van der Waals surface area contributed by atoms with Gasteiger partial charge in [0.25, 0.3) is 0 Å². The van der Waals surface area contributed by atoms with Crippen molar-refractivity contribution in [1.29, 1.82) is 0 Å². The Kier molecular flexibility index (Phi) is 6.46. The fourth-order valence-electron chi connectivity index (χ4n) is 4.84. The van der Waals surface area contributed by atoms with Gasteiger partial charge >= 0.3 is 0 Å². The summed E-state index contributed by atoms with van der Waals surface area (Å²) < 4.78 is 6.39. The van der Waals surface area contributed by atoms with E-state index in [1.807, 2.05) is 12.1 Å². The van der Waals surface area contributed by atoms with Crippen molar-refractivity contribution >= 4 is 18.3 Å². The number of fused-ring (bicyclic) bond motifs is 1. The van der Waals surface area contributed by atoms with E-state index in [0.29, 0.717) is 12.3 Å². The number of amides is 1. The molecule has 1 saturated heterocycles. The summed E-state index contributed by atoms with van der Waals surface area (Å²) in [5.41, 5.74) is 1.09. The molecule has 3 aliphatic rings. The number of para-hydroxylation sites is 1. The third kappa shape index (κ3) is 4.34. The van der Waals surface area contributed by atoms with Gasteiger partial charge < -0.3 is 15.4 Å². The second kappa shape index (κ2) is 8.62. The van der Waals surface area contributed by atoms with E-state index in [-0.39, 0.29) is 30.0 Å². The number of hydrogen-bond acceptors (Lipinski definition) is 3. The Balaban J connectivity index is 0.00000196. The van der Waals surface area contributed by atoms with E-state index in [1.165, 1.54) is 25.7 Å². The van der Waals surface area contributed by atoms with Gasteiger partial charge in [0.1, 0.15) is 11.4 Å². The van der Waals surface area contributed by atoms with Crippen LogP contribution in [-0.4, -0.2) is 24.6 Å². The lowest BCUT2D eigenvalue weighted by molar-refractivity contribution is -0.122. The first-order valence-corrected chi connectivity index (χ1v) is 10.0. The number of piperidine rings is 1. The summed E-state index contributed by atoms with van der Waals surface area (Å²) in [7, 11) is 0. The zero-order valence-electron chi connectivity index (χ0n) is 15.5. The van der Waals surface area contributed by atoms with Gasteiger partial charge in [-0.15, -0.1) is 12.4 Å². The van der Waals surface area contributed by atoms with E-state index >= 15 is 0 Å². The van der Waals surface area contributed by atoms with Crippen LogP contribution in [0.1, 0.15) is 69.4 Å². The molecule has 1 saturated carbocycles. The van der Waals surface area contributed by atoms with Crippen LogP contribution in [0.15, 0.2) is 24.3 Å². The average Bonchev–Trinajstić information content (AvgIpc) is 3.08. The Labute approximate surface area is 162 Å². The molecule has 2 N–H and O–H groups in total. The van der Waals surface area contributed by atoms with Gasteiger partial charge in [-0.3, -0.25) is 4.79 Å². The summed E-state index contributed by atoms with van der Waals surface area (Å²) in [6, 6.07) is 8.34. The van der Waals surface area contributed by atoms with Crippen molar-refractivity contribution in [3.8, 4) is 5.75 Å². The maximum atomic E-state index is 12.6. The van der Waals surface area contributed by atoms with Gasteiger partial charge in [0.05, 0.1) is 6.04 Å². The van der Waals surface area contributed by atoms with Crippen LogP contribution in [0, 0.1) is 5.92 Å². The molecule has 0 aromatic heterocycles. The maximum absolute atomic E-state index is 12.6. The van der Waals surface area contributed by atoms with Gasteiger partial charge in [0.2, 0.25) is 5.91 Å². The molecular formula is C21H31ClN2O2. The normalized spacial score (nSPS) is 24.4. The highest BCUT2D eigenvalue weighted by atomic mass is 35.5. The highest BCUT2D eigenvalue weighted by Crippen LogP contribution is 2.47. The lowest BCUT2D eigenvalue weighted by Crippen LogP contribution is -2.43. The first-order chi connectivity index (χ1) is 12.2. The molecule has 2 fully saturated rings. The number of carbonyl (C=O) groups excluding carboxylic acids is 1. The molecule has 4 rings (SSSR count). The van der Waals surface area contributed by atoms with Crippen LogP contribution in [0.2, 0.25) is 0 Å². The molecule has 1 atom stereocenters. The molecule has 5 heteroatoms. The Hall–Kier alpha value is -1.26. The van der Waals surface area contributed by atoms with Crippen LogP contribution >= 0.6 is 12.4 Å². The minimum absolute atomic E-state index is 0. The average molecular weight is 379 g/mol. The summed E-state index contributed by atoms with van der Waals surface area (Å²) in [4.78, 5) is 12.6. The molecule has 1 amide bonds. The molecule has 1 aromatic carbocycles. The SMILES string of the molecule is Cl.O=C(CCC1CCNCC1)NC1CC2(CCCC2)Oc2ccccc21. The number of rotatable bonds is 4.